The summed E-state index contributed by atoms with van der Waals surface area (Å²) >= 11 is 0. The molecule has 5 heteroatoms. The summed E-state index contributed by atoms with van der Waals surface area (Å²) in [4.78, 5) is 14.9. The van der Waals surface area contributed by atoms with Gasteiger partial charge in [-0.05, 0) is 53.7 Å². The van der Waals surface area contributed by atoms with Crippen molar-refractivity contribution in [1.82, 2.24) is 9.55 Å². The first-order valence-corrected chi connectivity index (χ1v) is 10.8. The van der Waals surface area contributed by atoms with Crippen molar-refractivity contribution in [2.45, 2.75) is 13.8 Å². The van der Waals surface area contributed by atoms with Crippen molar-refractivity contribution in [1.29, 1.82) is 0 Å². The van der Waals surface area contributed by atoms with Crippen molar-refractivity contribution in [3.05, 3.63) is 89.7 Å². The number of nitrogens with zero attached hydrogens (tertiary/aromatic N) is 2. The minimum atomic E-state index is -0.125. The van der Waals surface area contributed by atoms with E-state index < -0.39 is 0 Å². The topological polar surface area (TPSA) is 55.1 Å². The summed E-state index contributed by atoms with van der Waals surface area (Å²) in [5.41, 5.74) is 8.00. The second-order valence-corrected chi connectivity index (χ2v) is 8.29. The van der Waals surface area contributed by atoms with Gasteiger partial charge in [0.2, 0.25) is 0 Å². The molecule has 5 aromatic rings. The summed E-state index contributed by atoms with van der Waals surface area (Å²) in [7, 11) is 2.11. The van der Waals surface area contributed by atoms with E-state index in [-0.39, 0.29) is 31.6 Å². The molecule has 0 amide bonds. The zero-order chi connectivity index (χ0) is 23.1. The molecule has 2 heterocycles. The molecule has 2 aromatic heterocycles. The average Bonchev–Trinajstić information content (AvgIpc) is 3.34. The molecule has 0 bridgehead atoms. The van der Waals surface area contributed by atoms with Crippen molar-refractivity contribution in [3.8, 4) is 11.3 Å². The number of aryl methyl sites for hydroxylation is 1. The second-order valence-electron chi connectivity index (χ2n) is 8.29. The predicted octanol–water partition coefficient (Wildman–Crippen LogP) is 6.87. The van der Waals surface area contributed by atoms with Crippen LogP contribution in [0.4, 0.5) is 0 Å². The molecule has 0 spiro atoms. The van der Waals surface area contributed by atoms with Crippen LogP contribution in [0.1, 0.15) is 25.0 Å². The molecular weight excluding hydrogens is 601 g/mol. The first-order chi connectivity index (χ1) is 15.9. The Bertz CT molecular complexity index is 1620. The molecule has 0 unspecified atom stereocenters. The molecule has 0 atom stereocenters. The number of ketones is 1. The van der Waals surface area contributed by atoms with Crippen LogP contribution >= 0.6 is 0 Å². The molecule has 0 aliphatic heterocycles. The van der Waals surface area contributed by atoms with E-state index in [9.17, 15) is 4.79 Å². The van der Waals surface area contributed by atoms with Crippen LogP contribution < -0.4 is 0 Å². The summed E-state index contributed by atoms with van der Waals surface area (Å²) in [6.07, 6.45) is 5.51. The van der Waals surface area contributed by atoms with Crippen LogP contribution in [0, 0.1) is 6.07 Å². The first-order valence-electron chi connectivity index (χ1n) is 10.8. The van der Waals surface area contributed by atoms with Crippen LogP contribution in [0.15, 0.2) is 72.5 Å². The van der Waals surface area contributed by atoms with Crippen molar-refractivity contribution >= 4 is 50.6 Å². The van der Waals surface area contributed by atoms with Crippen molar-refractivity contribution in [3.63, 3.8) is 0 Å². The van der Waals surface area contributed by atoms with Gasteiger partial charge in [-0.3, -0.25) is 9.78 Å². The van der Waals surface area contributed by atoms with Crippen LogP contribution in [0.2, 0.25) is 0 Å². The zero-order valence-corrected chi connectivity index (χ0v) is 21.5. The third-order valence-corrected chi connectivity index (χ3v) is 5.87. The van der Waals surface area contributed by atoms with Gasteiger partial charge in [0.1, 0.15) is 0 Å². The van der Waals surface area contributed by atoms with Crippen LogP contribution in [0.25, 0.3) is 56.1 Å². The first kappa shape index (κ1) is 23.6. The molecule has 1 radical (unpaired) electrons. The maximum Gasteiger partial charge on any atom is 0.155 e. The summed E-state index contributed by atoms with van der Waals surface area (Å²) in [5, 5.41) is 12.1. The summed E-state index contributed by atoms with van der Waals surface area (Å²) < 4.78 is 2.23. The summed E-state index contributed by atoms with van der Waals surface area (Å²) in [6, 6.07) is 24.8. The van der Waals surface area contributed by atoms with Crippen molar-refractivity contribution in [2.75, 3.05) is 0 Å². The summed E-state index contributed by atoms with van der Waals surface area (Å²) in [6.45, 7) is 2.85. The molecule has 171 valence electrons. The molecule has 1 aliphatic rings. The minimum absolute atomic E-state index is 0. The summed E-state index contributed by atoms with van der Waals surface area (Å²) in [5.74, 6) is -0.0625. The van der Waals surface area contributed by atoms with Crippen LogP contribution in [-0.4, -0.2) is 20.4 Å². The molecule has 0 saturated carbocycles. The molecule has 0 saturated heterocycles. The Balaban J connectivity index is 0.000000303. The molecule has 6 rings (SSSR count). The predicted molar refractivity (Wildman–Crippen MR) is 136 cm³/mol. The fourth-order valence-corrected chi connectivity index (χ4v) is 4.48. The number of rotatable bonds is 2. The second kappa shape index (κ2) is 9.38. The number of carbonyl (C=O) groups is 1. The van der Waals surface area contributed by atoms with Gasteiger partial charge in [-0.15, -0.1) is 23.8 Å². The van der Waals surface area contributed by atoms with Crippen LogP contribution in [0.5, 0.6) is 0 Å². The molecule has 1 N–H and O–H groups in total. The quantitative estimate of drug-likeness (QED) is 0.130. The van der Waals surface area contributed by atoms with E-state index in [1.165, 1.54) is 58.2 Å². The van der Waals surface area contributed by atoms with Gasteiger partial charge in [0.25, 0.3) is 0 Å². The Morgan fingerprint density at radius 3 is 2.47 bits per heavy atom. The van der Waals surface area contributed by atoms with E-state index in [0.29, 0.717) is 0 Å². The number of hydrogen-bond donors (Lipinski definition) is 1. The number of hydrogen-bond acceptors (Lipinski definition) is 3. The maximum atomic E-state index is 10.0. The monoisotopic (exact) mass is 624 g/mol. The van der Waals surface area contributed by atoms with Crippen molar-refractivity contribution in [2.24, 2.45) is 7.05 Å². The largest absolute Gasteiger partial charge is 0.512 e. The number of benzene rings is 3. The third kappa shape index (κ3) is 4.21. The van der Waals surface area contributed by atoms with Gasteiger partial charge in [0.05, 0.1) is 11.3 Å². The molecule has 3 aromatic carbocycles. The number of aromatic nitrogens is 2. The third-order valence-electron chi connectivity index (χ3n) is 5.87. The number of para-hydroxylation sites is 1. The van der Waals surface area contributed by atoms with E-state index in [0.717, 1.165) is 16.8 Å². The Morgan fingerprint density at radius 1 is 0.971 bits per heavy atom. The van der Waals surface area contributed by atoms with Crippen LogP contribution in [0.3, 0.4) is 0 Å². The smallest absolute Gasteiger partial charge is 0.155 e. The van der Waals surface area contributed by atoms with E-state index >= 15 is 0 Å². The number of fused-ring (bicyclic) bond motifs is 3. The van der Waals surface area contributed by atoms with E-state index in [2.05, 4.69) is 90.5 Å². The molecular formula is C29H23IrN2O2-. The van der Waals surface area contributed by atoms with Crippen molar-refractivity contribution < 1.29 is 30.0 Å². The van der Waals surface area contributed by atoms with Gasteiger partial charge < -0.3 is 9.67 Å². The number of aliphatic hydroxyl groups excluding tert-OH is 1. The van der Waals surface area contributed by atoms with E-state index in [4.69, 9.17) is 10.1 Å². The fourth-order valence-electron chi connectivity index (χ4n) is 4.48. The molecule has 34 heavy (non-hydrogen) atoms. The molecule has 1 aliphatic carbocycles. The number of carbonyl (C=O) groups excluding carboxylic acids is 1. The van der Waals surface area contributed by atoms with Gasteiger partial charge in [0, 0.05) is 44.1 Å². The number of allylic oxidation sites excluding steroid dienone is 2. The Hall–Kier alpha value is -3.53. The normalized spacial score (nSPS) is 12.0. The van der Waals surface area contributed by atoms with E-state index in [1.807, 2.05) is 0 Å². The maximum absolute atomic E-state index is 10.0. The van der Waals surface area contributed by atoms with Gasteiger partial charge in [0.15, 0.2) is 5.78 Å². The minimum Gasteiger partial charge on any atom is -0.512 e. The van der Waals surface area contributed by atoms with Gasteiger partial charge >= 0.3 is 0 Å². The Morgan fingerprint density at radius 2 is 1.74 bits per heavy atom. The number of pyridine rings is 1. The zero-order valence-electron chi connectivity index (χ0n) is 19.1. The number of aliphatic hydroxyl groups is 1. The van der Waals surface area contributed by atoms with E-state index in [1.54, 1.807) is 0 Å². The fraction of sp³-hybridized carbons (Fsp3) is 0.103. The average molecular weight is 624 g/mol. The standard InChI is InChI=1S/C24H15N2.C5H8O2.Ir/c1-26-22-8-3-2-6-18(22)19-13-16(11-12-23(19)26)21-14-17-10-9-15-5-4-7-20(25-21)24(15)17;1-4(6)3-5(2)7;/h2-10,12-14H,1H3;3,6H,1-2H3;/q-1;;. The molecule has 0 fully saturated rings. The van der Waals surface area contributed by atoms with Gasteiger partial charge in [-0.1, -0.05) is 53.9 Å². The molecule has 4 nitrogen and oxygen atoms in total. The Kier molecular flexibility index (Phi) is 6.51. The van der Waals surface area contributed by atoms with Gasteiger partial charge in [-0.25, -0.2) is 0 Å². The Labute approximate surface area is 211 Å². The van der Waals surface area contributed by atoms with Crippen LogP contribution in [-0.2, 0) is 31.9 Å². The van der Waals surface area contributed by atoms with Gasteiger partial charge in [-0.2, -0.15) is 0 Å². The SMILES string of the molecule is CC(=O)C=C(C)O.Cn1c2c[c-]c(-c3cc4c5c(cccc5n3)C=C4)cc2c2ccccc21.[Ir].